The Kier molecular flexibility index (Phi) is 5.87. The molecule has 0 aliphatic carbocycles. The van der Waals surface area contributed by atoms with Crippen molar-refractivity contribution in [2.75, 3.05) is 0 Å². The van der Waals surface area contributed by atoms with Crippen LogP contribution >= 0.6 is 11.8 Å². The lowest BCUT2D eigenvalue weighted by atomic mass is 10.0. The summed E-state index contributed by atoms with van der Waals surface area (Å²) < 4.78 is 13.1. The number of nitrogens with zero attached hydrogens (tertiary/aromatic N) is 2. The molecule has 0 saturated heterocycles. The number of ketones is 1. The minimum Gasteiger partial charge on any atom is -0.360 e. The van der Waals surface area contributed by atoms with E-state index in [0.29, 0.717) is 16.5 Å². The van der Waals surface area contributed by atoms with Crippen LogP contribution in [0.3, 0.4) is 0 Å². The summed E-state index contributed by atoms with van der Waals surface area (Å²) in [6.45, 7) is 0. The first kappa shape index (κ1) is 20.9. The van der Waals surface area contributed by atoms with Gasteiger partial charge in [0.1, 0.15) is 16.9 Å². The number of Topliss-reactive ketones (excluding diaryl/α,β-unsaturated/α-hetero) is 1. The van der Waals surface area contributed by atoms with Gasteiger partial charge in [-0.2, -0.15) is 0 Å². The summed E-state index contributed by atoms with van der Waals surface area (Å²) in [5.41, 5.74) is 3.28. The number of carbonyl (C=O) groups is 1. The average Bonchev–Trinajstić information content (AvgIpc) is 3.49. The number of fused-ring (bicyclic) bond motifs is 1. The van der Waals surface area contributed by atoms with Crippen molar-refractivity contribution in [2.45, 2.75) is 10.4 Å². The van der Waals surface area contributed by atoms with Gasteiger partial charge in [0.25, 0.3) is 0 Å². The Bertz CT molecular complexity index is 1420. The van der Waals surface area contributed by atoms with Gasteiger partial charge in [0.2, 0.25) is 5.16 Å². The number of rotatable bonds is 7. The zero-order valence-corrected chi connectivity index (χ0v) is 18.2. The zero-order valence-electron chi connectivity index (χ0n) is 17.4. The first-order valence-electron chi connectivity index (χ1n) is 10.4. The van der Waals surface area contributed by atoms with E-state index >= 15 is 0 Å². The summed E-state index contributed by atoms with van der Waals surface area (Å²) >= 11 is 1.30. The molecular formula is C26H19FN4OS. The van der Waals surface area contributed by atoms with Crippen LogP contribution in [0.1, 0.15) is 32.6 Å². The van der Waals surface area contributed by atoms with Crippen LogP contribution in [0.2, 0.25) is 0 Å². The van der Waals surface area contributed by atoms with Crippen LogP contribution in [-0.2, 0) is 0 Å². The first-order valence-corrected chi connectivity index (χ1v) is 11.2. The summed E-state index contributed by atoms with van der Waals surface area (Å²) in [6.07, 6.45) is 5.35. The van der Waals surface area contributed by atoms with Crippen molar-refractivity contribution >= 4 is 40.6 Å². The van der Waals surface area contributed by atoms with Crippen molar-refractivity contribution in [2.24, 2.45) is 0 Å². The third-order valence-electron chi connectivity index (χ3n) is 5.20. The monoisotopic (exact) mass is 454 g/mol. The fraction of sp³-hybridized carbons (Fsp3) is 0.0385. The number of halogens is 1. The SMILES string of the molecule is O=C(c1c[nH]c2ccccc12)C(Sc1n[nH]c(C=Cc2ccc(F)cc2)n1)c1ccccc1. The maximum Gasteiger partial charge on any atom is 0.209 e. The highest BCUT2D eigenvalue weighted by molar-refractivity contribution is 8.00. The summed E-state index contributed by atoms with van der Waals surface area (Å²) in [4.78, 5) is 21.3. The first-order chi connectivity index (χ1) is 16.2. The van der Waals surface area contributed by atoms with E-state index in [0.717, 1.165) is 22.0 Å². The van der Waals surface area contributed by atoms with E-state index in [1.807, 2.05) is 60.7 Å². The van der Waals surface area contributed by atoms with E-state index in [1.165, 1.54) is 23.9 Å². The number of benzene rings is 3. The topological polar surface area (TPSA) is 74.4 Å². The highest BCUT2D eigenvalue weighted by Crippen LogP contribution is 2.37. The molecule has 5 nitrogen and oxygen atoms in total. The van der Waals surface area contributed by atoms with Crippen LogP contribution in [0.4, 0.5) is 4.39 Å². The number of H-pyrrole nitrogens is 2. The fourth-order valence-electron chi connectivity index (χ4n) is 3.56. The molecule has 1 atom stereocenters. The van der Waals surface area contributed by atoms with Gasteiger partial charge in [0.05, 0.1) is 0 Å². The minimum atomic E-state index is -0.505. The summed E-state index contributed by atoms with van der Waals surface area (Å²) in [6, 6.07) is 23.6. The number of hydrogen-bond acceptors (Lipinski definition) is 4. The van der Waals surface area contributed by atoms with Crippen LogP contribution in [0, 0.1) is 5.82 Å². The molecule has 0 aliphatic heterocycles. The number of carbonyl (C=O) groups excluding carboxylic acids is 1. The Morgan fingerprint density at radius 1 is 0.939 bits per heavy atom. The molecule has 0 fully saturated rings. The molecule has 3 aromatic carbocycles. The molecule has 5 aromatic rings. The van der Waals surface area contributed by atoms with Crippen LogP contribution in [0.5, 0.6) is 0 Å². The molecule has 0 spiro atoms. The molecule has 5 rings (SSSR count). The van der Waals surface area contributed by atoms with Crippen molar-refractivity contribution in [3.8, 4) is 0 Å². The summed E-state index contributed by atoms with van der Waals surface area (Å²) in [5.74, 6) is 0.252. The number of nitrogens with one attached hydrogen (secondary N) is 2. The van der Waals surface area contributed by atoms with Gasteiger partial charge in [-0.15, -0.1) is 5.10 Å². The van der Waals surface area contributed by atoms with Crippen LogP contribution < -0.4 is 0 Å². The lowest BCUT2D eigenvalue weighted by Crippen LogP contribution is -2.10. The van der Waals surface area contributed by atoms with Gasteiger partial charge in [0.15, 0.2) is 5.78 Å². The van der Waals surface area contributed by atoms with Gasteiger partial charge in [-0.1, -0.05) is 78.5 Å². The third kappa shape index (κ3) is 4.63. The largest absolute Gasteiger partial charge is 0.360 e. The van der Waals surface area contributed by atoms with Gasteiger partial charge in [-0.05, 0) is 35.4 Å². The van der Waals surface area contributed by atoms with E-state index in [2.05, 4.69) is 20.2 Å². The number of hydrogen-bond donors (Lipinski definition) is 2. The molecule has 0 radical (unpaired) electrons. The standard InChI is InChI=1S/C26H19FN4OS/c27-19-13-10-17(11-14-19)12-15-23-29-26(31-30-23)33-25(18-6-2-1-3-7-18)24(32)21-16-28-22-9-5-4-8-20(21)22/h1-16,25,28H,(H,29,30,31). The van der Waals surface area contributed by atoms with E-state index < -0.39 is 5.25 Å². The molecule has 2 N–H and O–H groups in total. The highest BCUT2D eigenvalue weighted by Gasteiger charge is 2.27. The van der Waals surface area contributed by atoms with Gasteiger partial charge in [-0.25, -0.2) is 9.37 Å². The van der Waals surface area contributed by atoms with Gasteiger partial charge >= 0.3 is 0 Å². The second-order valence-electron chi connectivity index (χ2n) is 7.41. The number of aromatic nitrogens is 4. The van der Waals surface area contributed by atoms with E-state index in [-0.39, 0.29) is 11.6 Å². The lowest BCUT2D eigenvalue weighted by Gasteiger charge is -2.14. The van der Waals surface area contributed by atoms with Crippen LogP contribution in [0.15, 0.2) is 90.2 Å². The molecule has 0 saturated carbocycles. The van der Waals surface area contributed by atoms with Crippen molar-refractivity contribution in [1.29, 1.82) is 0 Å². The molecule has 2 aromatic heterocycles. The highest BCUT2D eigenvalue weighted by atomic mass is 32.2. The average molecular weight is 455 g/mol. The lowest BCUT2D eigenvalue weighted by molar-refractivity contribution is 0.0991. The van der Waals surface area contributed by atoms with Crippen molar-refractivity contribution in [3.63, 3.8) is 0 Å². The second-order valence-corrected chi connectivity index (χ2v) is 8.48. The molecule has 0 amide bonds. The molecule has 33 heavy (non-hydrogen) atoms. The molecule has 2 heterocycles. The van der Waals surface area contributed by atoms with Crippen molar-refractivity contribution in [1.82, 2.24) is 20.2 Å². The Hall–Kier alpha value is -3.97. The van der Waals surface area contributed by atoms with Crippen LogP contribution in [0.25, 0.3) is 23.1 Å². The maximum atomic E-state index is 13.6. The Morgan fingerprint density at radius 3 is 2.52 bits per heavy atom. The Labute approximate surface area is 193 Å². The van der Waals surface area contributed by atoms with E-state index in [1.54, 1.807) is 24.4 Å². The maximum absolute atomic E-state index is 13.6. The fourth-order valence-corrected chi connectivity index (χ4v) is 4.54. The van der Waals surface area contributed by atoms with Gasteiger partial charge in [-0.3, -0.25) is 9.89 Å². The Balaban J connectivity index is 1.42. The van der Waals surface area contributed by atoms with Crippen LogP contribution in [-0.4, -0.2) is 25.9 Å². The van der Waals surface area contributed by atoms with E-state index in [9.17, 15) is 9.18 Å². The van der Waals surface area contributed by atoms with Crippen molar-refractivity contribution < 1.29 is 9.18 Å². The molecule has 7 heteroatoms. The molecular weight excluding hydrogens is 435 g/mol. The Morgan fingerprint density at radius 2 is 1.70 bits per heavy atom. The normalized spacial score (nSPS) is 12.4. The predicted molar refractivity (Wildman–Crippen MR) is 129 cm³/mol. The van der Waals surface area contributed by atoms with Gasteiger partial charge in [0, 0.05) is 22.7 Å². The molecule has 162 valence electrons. The quantitative estimate of drug-likeness (QED) is 0.223. The van der Waals surface area contributed by atoms with Gasteiger partial charge < -0.3 is 4.98 Å². The van der Waals surface area contributed by atoms with Crippen molar-refractivity contribution in [3.05, 3.63) is 113 Å². The molecule has 0 bridgehead atoms. The predicted octanol–water partition coefficient (Wildman–Crippen LogP) is 6.31. The molecule has 1 unspecified atom stereocenters. The number of aromatic amines is 2. The zero-order chi connectivity index (χ0) is 22.6. The second kappa shape index (κ2) is 9.26. The van der Waals surface area contributed by atoms with E-state index in [4.69, 9.17) is 0 Å². The summed E-state index contributed by atoms with van der Waals surface area (Å²) in [5, 5.41) is 8.03. The number of para-hydroxylation sites is 1. The minimum absolute atomic E-state index is 0.0168. The molecule has 0 aliphatic rings. The number of thioether (sulfide) groups is 1. The third-order valence-corrected chi connectivity index (χ3v) is 6.32. The summed E-state index contributed by atoms with van der Waals surface area (Å²) in [7, 11) is 0. The smallest absolute Gasteiger partial charge is 0.209 e.